The van der Waals surface area contributed by atoms with Gasteiger partial charge in [-0.25, -0.2) is 4.79 Å². The Balaban J connectivity index is 1.37. The molecule has 1 aromatic heterocycles. The van der Waals surface area contributed by atoms with Crippen molar-refractivity contribution in [2.75, 3.05) is 5.75 Å². The van der Waals surface area contributed by atoms with Crippen LogP contribution in [0.4, 0.5) is 0 Å². The summed E-state index contributed by atoms with van der Waals surface area (Å²) in [4.78, 5) is 40.6. The van der Waals surface area contributed by atoms with E-state index in [1.807, 2.05) is 78.2 Å². The zero-order chi connectivity index (χ0) is 25.2. The van der Waals surface area contributed by atoms with Crippen LogP contribution < -0.4 is 5.32 Å². The van der Waals surface area contributed by atoms with Gasteiger partial charge >= 0.3 is 5.97 Å². The average Bonchev–Trinajstić information content (AvgIpc) is 3.39. The molecule has 5 rings (SSSR count). The number of esters is 1. The maximum absolute atomic E-state index is 13.3. The zero-order valence-corrected chi connectivity index (χ0v) is 20.5. The molecule has 1 unspecified atom stereocenters. The van der Waals surface area contributed by atoms with E-state index in [2.05, 4.69) is 5.32 Å². The normalized spacial score (nSPS) is 21.1. The van der Waals surface area contributed by atoms with Gasteiger partial charge < -0.3 is 15.2 Å². The lowest BCUT2D eigenvalue weighted by Crippen LogP contribution is -2.73. The van der Waals surface area contributed by atoms with Gasteiger partial charge in [0.05, 0.1) is 23.0 Å². The fraction of sp³-hybridized carbons (Fsp3) is 0.192. The summed E-state index contributed by atoms with van der Waals surface area (Å²) in [5.41, 5.74) is 1.08. The van der Waals surface area contributed by atoms with Gasteiger partial charge in [-0.2, -0.15) is 0 Å². The Morgan fingerprint density at radius 3 is 2.28 bits per heavy atom. The summed E-state index contributed by atoms with van der Waals surface area (Å²) in [7, 11) is -1.71. The van der Waals surface area contributed by atoms with Gasteiger partial charge in [-0.05, 0) is 22.6 Å². The number of β-lactam (4-membered cyclic amide) rings is 1. The smallest absolute Gasteiger partial charge is 0.359 e. The fourth-order valence-corrected chi connectivity index (χ4v) is 6.50. The van der Waals surface area contributed by atoms with Crippen molar-refractivity contribution in [1.29, 1.82) is 0 Å². The third-order valence-electron chi connectivity index (χ3n) is 5.96. The van der Waals surface area contributed by atoms with Gasteiger partial charge in [-0.1, -0.05) is 66.7 Å². The molecule has 8 nitrogen and oxygen atoms in total. The number of nitrogens with zero attached hydrogens (tertiary/aromatic N) is 1. The molecule has 36 heavy (non-hydrogen) atoms. The summed E-state index contributed by atoms with van der Waals surface area (Å²) in [5.74, 6) is -2.72. The van der Waals surface area contributed by atoms with Gasteiger partial charge in [0.15, 0.2) is 11.8 Å². The number of carbonyl (C=O) groups is 3. The van der Waals surface area contributed by atoms with Crippen LogP contribution in [0.1, 0.15) is 22.1 Å². The molecule has 184 valence electrons. The second kappa shape index (κ2) is 10.1. The van der Waals surface area contributed by atoms with Gasteiger partial charge in [-0.3, -0.25) is 18.7 Å². The lowest BCUT2D eigenvalue weighted by Gasteiger charge is -2.48. The number of aliphatic hydroxyl groups excluding tert-OH is 1. The third-order valence-corrected chi connectivity index (χ3v) is 8.42. The van der Waals surface area contributed by atoms with Crippen molar-refractivity contribution in [2.45, 2.75) is 23.9 Å². The molecule has 3 atom stereocenters. The van der Waals surface area contributed by atoms with Crippen molar-refractivity contribution < 1.29 is 28.4 Å². The summed E-state index contributed by atoms with van der Waals surface area (Å²) in [5, 5.41) is 14.1. The minimum Gasteiger partial charge on any atom is -0.509 e. The third kappa shape index (κ3) is 4.57. The molecule has 10 heteroatoms. The Bertz CT molecular complexity index is 1300. The van der Waals surface area contributed by atoms with E-state index in [9.17, 15) is 23.7 Å². The van der Waals surface area contributed by atoms with Crippen LogP contribution in [0, 0.1) is 0 Å². The van der Waals surface area contributed by atoms with E-state index in [1.54, 1.807) is 0 Å². The van der Waals surface area contributed by atoms with Gasteiger partial charge in [-0.15, -0.1) is 11.3 Å². The molecule has 3 heterocycles. The first-order valence-corrected chi connectivity index (χ1v) is 13.4. The Labute approximate surface area is 213 Å². The van der Waals surface area contributed by atoms with Gasteiger partial charge in [0.25, 0.3) is 5.91 Å². The number of amides is 2. The molecule has 0 radical (unpaired) electrons. The predicted octanol–water partition coefficient (Wildman–Crippen LogP) is 2.81. The van der Waals surface area contributed by atoms with Crippen molar-refractivity contribution in [2.24, 2.45) is 0 Å². The number of hydrogen-bond donors (Lipinski definition) is 2. The molecule has 2 aliphatic rings. The molecule has 2 aromatic carbocycles. The topological polar surface area (TPSA) is 113 Å². The monoisotopic (exact) mass is 522 g/mol. The van der Waals surface area contributed by atoms with E-state index >= 15 is 0 Å². The minimum absolute atomic E-state index is 0.0899. The number of fused-ring (bicyclic) bond motifs is 1. The molecule has 1 saturated heterocycles. The van der Waals surface area contributed by atoms with Crippen molar-refractivity contribution in [3.63, 3.8) is 0 Å². The highest BCUT2D eigenvalue weighted by Crippen LogP contribution is 2.36. The molecular formula is C26H22N2O6S2. The molecular weight excluding hydrogens is 500 g/mol. The first-order valence-electron chi connectivity index (χ1n) is 11.2. The number of nitrogens with one attached hydrogen (secondary N) is 1. The minimum atomic E-state index is -1.71. The number of hydrogen-bond acceptors (Lipinski definition) is 7. The van der Waals surface area contributed by atoms with Crippen LogP contribution in [0.5, 0.6) is 0 Å². The molecule has 0 aliphatic carbocycles. The molecule has 0 spiro atoms. The van der Waals surface area contributed by atoms with E-state index < -0.39 is 46.0 Å². The molecule has 2 N–H and O–H groups in total. The number of benzene rings is 2. The lowest BCUT2D eigenvalue weighted by atomic mass is 10.0. The summed E-state index contributed by atoms with van der Waals surface area (Å²) in [6.45, 7) is 0. The Morgan fingerprint density at radius 1 is 1.06 bits per heavy atom. The quantitative estimate of drug-likeness (QED) is 0.365. The Morgan fingerprint density at radius 2 is 1.69 bits per heavy atom. The number of carbonyl (C=O) groups excluding carboxylic acids is 3. The highest BCUT2D eigenvalue weighted by molar-refractivity contribution is 7.86. The summed E-state index contributed by atoms with van der Waals surface area (Å²) < 4.78 is 18.6. The van der Waals surface area contributed by atoms with Crippen molar-refractivity contribution >= 4 is 39.9 Å². The van der Waals surface area contributed by atoms with Crippen LogP contribution in [-0.2, 0) is 36.3 Å². The standard InChI is InChI=1S/C26H22N2O6S2/c29-19-15-36(33)25-21(27-20(30)14-18-12-7-13-35-18)24(31)28(25)22(19)26(32)34-23(16-8-3-1-4-9-16)17-10-5-2-6-11-17/h1-13,21,23,25,29H,14-15H2,(H,27,30)/t21-,25+,36?/m1/s1. The van der Waals surface area contributed by atoms with Crippen LogP contribution in [0.3, 0.4) is 0 Å². The highest BCUT2D eigenvalue weighted by Gasteiger charge is 2.57. The van der Waals surface area contributed by atoms with Crippen molar-refractivity contribution in [3.8, 4) is 0 Å². The number of thiophene rings is 1. The lowest BCUT2D eigenvalue weighted by molar-refractivity contribution is -0.155. The first-order chi connectivity index (χ1) is 17.4. The maximum atomic E-state index is 13.3. The molecule has 1 fully saturated rings. The summed E-state index contributed by atoms with van der Waals surface area (Å²) >= 11 is 1.42. The van der Waals surface area contributed by atoms with Crippen LogP contribution in [0.2, 0.25) is 0 Å². The first kappa shape index (κ1) is 24.0. The van der Waals surface area contributed by atoms with E-state index in [0.717, 1.165) is 9.78 Å². The number of ether oxygens (including phenoxy) is 1. The zero-order valence-electron chi connectivity index (χ0n) is 18.9. The summed E-state index contributed by atoms with van der Waals surface area (Å²) in [6, 6.07) is 20.8. The number of aliphatic hydroxyl groups is 1. The second-order valence-electron chi connectivity index (χ2n) is 8.33. The Hall–Kier alpha value is -3.76. The van der Waals surface area contributed by atoms with Gasteiger partial charge in [0, 0.05) is 4.88 Å². The highest BCUT2D eigenvalue weighted by atomic mass is 32.2. The predicted molar refractivity (Wildman–Crippen MR) is 134 cm³/mol. The van der Waals surface area contributed by atoms with E-state index in [0.29, 0.717) is 11.1 Å². The molecule has 0 saturated carbocycles. The SMILES string of the molecule is O=C(Cc1cccs1)N[C@@H]1C(=O)N2C(C(=O)OC(c3ccccc3)c3ccccc3)=C(O)CS(=O)[C@@H]12. The van der Waals surface area contributed by atoms with E-state index in [4.69, 9.17) is 4.74 Å². The van der Waals surface area contributed by atoms with E-state index in [-0.39, 0.29) is 23.8 Å². The molecule has 3 aromatic rings. The summed E-state index contributed by atoms with van der Waals surface area (Å²) in [6.07, 6.45) is -0.698. The van der Waals surface area contributed by atoms with Crippen LogP contribution in [-0.4, -0.2) is 49.2 Å². The Kier molecular flexibility index (Phi) is 6.71. The number of rotatable bonds is 7. The maximum Gasteiger partial charge on any atom is 0.359 e. The van der Waals surface area contributed by atoms with Crippen LogP contribution in [0.15, 0.2) is 89.6 Å². The second-order valence-corrected chi connectivity index (χ2v) is 10.9. The van der Waals surface area contributed by atoms with Crippen LogP contribution in [0.25, 0.3) is 0 Å². The van der Waals surface area contributed by atoms with E-state index in [1.165, 1.54) is 11.3 Å². The van der Waals surface area contributed by atoms with Crippen LogP contribution >= 0.6 is 11.3 Å². The van der Waals surface area contributed by atoms with Gasteiger partial charge in [0.1, 0.15) is 17.2 Å². The average molecular weight is 523 g/mol. The fourth-order valence-electron chi connectivity index (χ4n) is 4.29. The molecule has 0 bridgehead atoms. The van der Waals surface area contributed by atoms with Crippen molar-refractivity contribution in [1.82, 2.24) is 10.2 Å². The van der Waals surface area contributed by atoms with Crippen molar-refractivity contribution in [3.05, 3.63) is 106 Å². The largest absolute Gasteiger partial charge is 0.509 e. The molecule has 2 aliphatic heterocycles. The van der Waals surface area contributed by atoms with Gasteiger partial charge in [0.2, 0.25) is 5.91 Å². The molecule has 2 amide bonds.